The first-order valence-electron chi connectivity index (χ1n) is 11.7. The zero-order valence-corrected chi connectivity index (χ0v) is 20.6. The van der Waals surface area contributed by atoms with Crippen LogP contribution in [0.1, 0.15) is 12.0 Å². The smallest absolute Gasteiger partial charge is 0.242 e. The van der Waals surface area contributed by atoms with E-state index in [-0.39, 0.29) is 18.2 Å². The number of carbonyl (C=O) groups excluding carboxylic acids is 2. The van der Waals surface area contributed by atoms with E-state index < -0.39 is 5.25 Å². The third-order valence-electron chi connectivity index (χ3n) is 6.03. The number of aromatic amines is 1. The number of H-pyrrole nitrogens is 1. The molecule has 182 valence electrons. The van der Waals surface area contributed by atoms with Crippen LogP contribution in [-0.4, -0.2) is 45.8 Å². The Hall–Kier alpha value is -4.04. The Morgan fingerprint density at radius 3 is 2.64 bits per heavy atom. The minimum atomic E-state index is -0.551. The summed E-state index contributed by atoms with van der Waals surface area (Å²) in [6, 6.07) is 24.8. The zero-order chi connectivity index (χ0) is 24.9. The number of anilines is 1. The summed E-state index contributed by atoms with van der Waals surface area (Å²) in [5, 5.41) is 4.03. The summed E-state index contributed by atoms with van der Waals surface area (Å²) in [7, 11) is 1.59. The molecule has 1 aliphatic rings. The number of thioether (sulfide) groups is 1. The van der Waals surface area contributed by atoms with Crippen LogP contribution in [0.15, 0.2) is 90.1 Å². The van der Waals surface area contributed by atoms with Crippen molar-refractivity contribution in [3.63, 3.8) is 0 Å². The Bertz CT molecular complexity index is 1420. The topological polar surface area (TPSA) is 86.8 Å². The van der Waals surface area contributed by atoms with Gasteiger partial charge in [-0.15, -0.1) is 0 Å². The number of aliphatic imine (C=N–C) groups is 1. The van der Waals surface area contributed by atoms with Crippen LogP contribution in [0.3, 0.4) is 0 Å². The lowest BCUT2D eigenvalue weighted by molar-refractivity contribution is -0.128. The minimum absolute atomic E-state index is 0.0624. The minimum Gasteiger partial charge on any atom is -0.494 e. The van der Waals surface area contributed by atoms with Crippen LogP contribution in [0.5, 0.6) is 5.75 Å². The maximum Gasteiger partial charge on any atom is 0.242 e. The Morgan fingerprint density at radius 2 is 1.81 bits per heavy atom. The molecular formula is C28H26N4O3S. The Labute approximate surface area is 213 Å². The molecule has 2 amide bonds. The molecule has 1 aromatic heterocycles. The molecule has 0 spiro atoms. The van der Waals surface area contributed by atoms with Crippen molar-refractivity contribution in [2.45, 2.75) is 18.1 Å². The van der Waals surface area contributed by atoms with Crippen LogP contribution >= 0.6 is 11.8 Å². The van der Waals surface area contributed by atoms with Crippen molar-refractivity contribution in [3.8, 4) is 5.75 Å². The number of para-hydroxylation sites is 4. The number of hydrogen-bond donors (Lipinski definition) is 2. The predicted octanol–water partition coefficient (Wildman–Crippen LogP) is 5.38. The summed E-state index contributed by atoms with van der Waals surface area (Å²) in [5.74, 6) is 0.304. The monoisotopic (exact) mass is 498 g/mol. The second kappa shape index (κ2) is 10.7. The maximum absolute atomic E-state index is 13.5. The first-order chi connectivity index (χ1) is 17.6. The van der Waals surface area contributed by atoms with E-state index in [1.54, 1.807) is 12.0 Å². The van der Waals surface area contributed by atoms with E-state index >= 15 is 0 Å². The van der Waals surface area contributed by atoms with Gasteiger partial charge in [0.1, 0.15) is 16.7 Å². The van der Waals surface area contributed by atoms with Crippen LogP contribution in [0.25, 0.3) is 10.9 Å². The Morgan fingerprint density at radius 1 is 1.06 bits per heavy atom. The van der Waals surface area contributed by atoms with Gasteiger partial charge in [0.2, 0.25) is 11.8 Å². The van der Waals surface area contributed by atoms with Gasteiger partial charge in [-0.1, -0.05) is 60.3 Å². The highest BCUT2D eigenvalue weighted by molar-refractivity contribution is 8.15. The standard InChI is InChI=1S/C28H26N4O3S/c1-35-24-14-8-7-13-23(24)31-28-32(16-15-19-18-29-22-12-6-5-11-21(19)22)27(34)25(36-28)17-26(33)30-20-9-3-2-4-10-20/h2-14,18,25,29H,15-17H2,1H3,(H,30,33)/t25-/m1/s1. The number of hydrogen-bond acceptors (Lipinski definition) is 5. The van der Waals surface area contributed by atoms with Crippen LogP contribution in [0, 0.1) is 0 Å². The van der Waals surface area contributed by atoms with Gasteiger partial charge in [0.25, 0.3) is 0 Å². The van der Waals surface area contributed by atoms with E-state index in [9.17, 15) is 9.59 Å². The number of fused-ring (bicyclic) bond motifs is 1. The van der Waals surface area contributed by atoms with Gasteiger partial charge in [-0.3, -0.25) is 14.5 Å². The molecule has 36 heavy (non-hydrogen) atoms. The molecule has 0 saturated carbocycles. The maximum atomic E-state index is 13.5. The lowest BCUT2D eigenvalue weighted by Crippen LogP contribution is -2.35. The van der Waals surface area contributed by atoms with Gasteiger partial charge in [0.15, 0.2) is 5.17 Å². The fourth-order valence-electron chi connectivity index (χ4n) is 4.23. The normalized spacial score (nSPS) is 16.6. The second-order valence-electron chi connectivity index (χ2n) is 8.39. The number of nitrogens with zero attached hydrogens (tertiary/aromatic N) is 2. The van der Waals surface area contributed by atoms with Gasteiger partial charge in [-0.25, -0.2) is 4.99 Å². The Balaban J connectivity index is 1.38. The van der Waals surface area contributed by atoms with Gasteiger partial charge in [0.05, 0.1) is 7.11 Å². The van der Waals surface area contributed by atoms with Crippen molar-refractivity contribution in [2.24, 2.45) is 4.99 Å². The first kappa shape index (κ1) is 23.7. The zero-order valence-electron chi connectivity index (χ0n) is 19.8. The highest BCUT2D eigenvalue weighted by Crippen LogP contribution is 2.35. The van der Waals surface area contributed by atoms with E-state index in [0.29, 0.717) is 35.3 Å². The number of nitrogens with one attached hydrogen (secondary N) is 2. The van der Waals surface area contributed by atoms with Crippen molar-refractivity contribution >= 4 is 51.0 Å². The molecule has 1 saturated heterocycles. The van der Waals surface area contributed by atoms with E-state index in [0.717, 1.165) is 16.5 Å². The molecule has 0 radical (unpaired) electrons. The molecule has 0 aliphatic carbocycles. The molecule has 1 fully saturated rings. The first-order valence-corrected chi connectivity index (χ1v) is 12.6. The lowest BCUT2D eigenvalue weighted by atomic mass is 10.1. The molecule has 7 nitrogen and oxygen atoms in total. The van der Waals surface area contributed by atoms with E-state index in [4.69, 9.17) is 9.73 Å². The number of ether oxygens (including phenoxy) is 1. The van der Waals surface area contributed by atoms with Crippen molar-refractivity contribution in [1.29, 1.82) is 0 Å². The Kier molecular flexibility index (Phi) is 7.04. The number of rotatable bonds is 8. The lowest BCUT2D eigenvalue weighted by Gasteiger charge is -2.16. The number of methoxy groups -OCH3 is 1. The summed E-state index contributed by atoms with van der Waals surface area (Å²) < 4.78 is 5.45. The molecule has 3 aromatic carbocycles. The van der Waals surface area contributed by atoms with Crippen molar-refractivity contribution in [2.75, 3.05) is 19.0 Å². The summed E-state index contributed by atoms with van der Waals surface area (Å²) in [6.07, 6.45) is 2.71. The molecule has 1 aliphatic heterocycles. The molecule has 8 heteroatoms. The van der Waals surface area contributed by atoms with E-state index in [1.807, 2.05) is 79.0 Å². The molecule has 0 unspecified atom stereocenters. The van der Waals surface area contributed by atoms with Crippen molar-refractivity contribution in [1.82, 2.24) is 9.88 Å². The third-order valence-corrected chi connectivity index (χ3v) is 7.20. The molecule has 0 bridgehead atoms. The molecule has 5 rings (SSSR count). The predicted molar refractivity (Wildman–Crippen MR) is 145 cm³/mol. The fraction of sp³-hybridized carbons (Fsp3) is 0.179. The summed E-state index contributed by atoms with van der Waals surface area (Å²) in [5.41, 5.74) is 3.54. The second-order valence-corrected chi connectivity index (χ2v) is 9.56. The van der Waals surface area contributed by atoms with Gasteiger partial charge >= 0.3 is 0 Å². The van der Waals surface area contributed by atoms with E-state index in [2.05, 4.69) is 16.4 Å². The van der Waals surface area contributed by atoms with Crippen LogP contribution in [0.2, 0.25) is 0 Å². The number of carbonyl (C=O) groups is 2. The van der Waals surface area contributed by atoms with Crippen LogP contribution in [-0.2, 0) is 16.0 Å². The SMILES string of the molecule is COc1ccccc1N=C1S[C@H](CC(=O)Nc2ccccc2)C(=O)N1CCc1c[nH]c2ccccc12. The summed E-state index contributed by atoms with van der Waals surface area (Å²) >= 11 is 1.32. The molecule has 2 N–H and O–H groups in total. The van der Waals surface area contributed by atoms with Crippen molar-refractivity contribution < 1.29 is 14.3 Å². The average molecular weight is 499 g/mol. The van der Waals surface area contributed by atoms with Crippen molar-refractivity contribution in [3.05, 3.63) is 90.6 Å². The largest absolute Gasteiger partial charge is 0.494 e. The highest BCUT2D eigenvalue weighted by Gasteiger charge is 2.39. The highest BCUT2D eigenvalue weighted by atomic mass is 32.2. The number of aromatic nitrogens is 1. The molecule has 2 heterocycles. The van der Waals surface area contributed by atoms with E-state index in [1.165, 1.54) is 11.8 Å². The van der Waals surface area contributed by atoms with Crippen LogP contribution < -0.4 is 10.1 Å². The average Bonchev–Trinajstić information content (AvgIpc) is 3.44. The third kappa shape index (κ3) is 5.13. The van der Waals surface area contributed by atoms with Gasteiger partial charge in [-0.2, -0.15) is 0 Å². The summed E-state index contributed by atoms with van der Waals surface area (Å²) in [4.78, 5) is 36.0. The van der Waals surface area contributed by atoms with Crippen LogP contribution in [0.4, 0.5) is 11.4 Å². The molecule has 4 aromatic rings. The van der Waals surface area contributed by atoms with Gasteiger partial charge in [-0.05, 0) is 42.3 Å². The van der Waals surface area contributed by atoms with Gasteiger partial charge < -0.3 is 15.0 Å². The quantitative estimate of drug-likeness (QED) is 0.342. The number of amidine groups is 1. The van der Waals surface area contributed by atoms with Gasteiger partial charge in [0, 0.05) is 35.8 Å². The number of amides is 2. The molecular weight excluding hydrogens is 472 g/mol. The number of benzene rings is 3. The molecule has 1 atom stereocenters. The fourth-order valence-corrected chi connectivity index (χ4v) is 5.41. The summed E-state index contributed by atoms with van der Waals surface area (Å²) in [6.45, 7) is 0.457.